The summed E-state index contributed by atoms with van der Waals surface area (Å²) in [5, 5.41) is 41.1. The number of benzene rings is 8. The van der Waals surface area contributed by atoms with Gasteiger partial charge >= 0.3 is 0 Å². The monoisotopic (exact) mass is 792 g/mol. The van der Waals surface area contributed by atoms with Crippen LogP contribution in [0.25, 0.3) is 72.0 Å². The van der Waals surface area contributed by atoms with Gasteiger partial charge in [-0.25, -0.2) is 4.90 Å². The predicted octanol–water partition coefficient (Wildman–Crippen LogP) is 11.7. The molecule has 0 saturated heterocycles. The van der Waals surface area contributed by atoms with Gasteiger partial charge < -0.3 is 4.57 Å². The minimum atomic E-state index is -0.483. The van der Waals surface area contributed by atoms with Crippen molar-refractivity contribution in [3.63, 3.8) is 0 Å². The maximum atomic E-state index is 15.3. The van der Waals surface area contributed by atoms with Gasteiger partial charge in [0.15, 0.2) is 0 Å². The van der Waals surface area contributed by atoms with Crippen LogP contribution in [0.3, 0.4) is 0 Å². The number of amides is 2. The Kier molecular flexibility index (Phi) is 8.82. The molecule has 62 heavy (non-hydrogen) atoms. The second-order valence-electron chi connectivity index (χ2n) is 14.8. The Balaban J connectivity index is 1.23. The summed E-state index contributed by atoms with van der Waals surface area (Å²) >= 11 is 0. The molecule has 8 nitrogen and oxygen atoms in total. The van der Waals surface area contributed by atoms with Crippen molar-refractivity contribution in [3.8, 4) is 74.5 Å². The number of anilines is 1. The SMILES string of the molecule is N#Cc1ccc(-c2ccc3c4ccc(-c5ccc(C#N)cc5C#N)cc4n(-c4cccc5c4C(=O)N(c4cccc(-c6ccccc6)c4-c4ccccc4)C5=O)c3c2)c(C#N)c1. The first-order chi connectivity index (χ1) is 30.4. The van der Waals surface area contributed by atoms with E-state index in [-0.39, 0.29) is 11.1 Å². The molecule has 10 rings (SSSR count). The number of carbonyl (C=O) groups excluding carboxylic acids is 2. The second kappa shape index (κ2) is 14.8. The fraction of sp³-hybridized carbons (Fsp3) is 0. The van der Waals surface area contributed by atoms with E-state index in [1.807, 2.05) is 126 Å². The zero-order valence-electron chi connectivity index (χ0n) is 32.7. The summed E-state index contributed by atoms with van der Waals surface area (Å²) in [6.45, 7) is 0. The Labute approximate surface area is 355 Å². The van der Waals surface area contributed by atoms with Gasteiger partial charge in [0, 0.05) is 16.3 Å². The Hall–Kier alpha value is -9.34. The lowest BCUT2D eigenvalue weighted by atomic mass is 9.92. The van der Waals surface area contributed by atoms with Crippen LogP contribution >= 0.6 is 0 Å². The smallest absolute Gasteiger partial charge is 0.268 e. The maximum absolute atomic E-state index is 15.3. The average molecular weight is 793 g/mol. The largest absolute Gasteiger partial charge is 0.308 e. The number of fused-ring (bicyclic) bond motifs is 4. The molecular weight excluding hydrogens is 765 g/mol. The lowest BCUT2D eigenvalue weighted by Crippen LogP contribution is -2.30. The first-order valence-electron chi connectivity index (χ1n) is 19.7. The Morgan fingerprint density at radius 3 is 1.42 bits per heavy atom. The number of carbonyl (C=O) groups is 2. The van der Waals surface area contributed by atoms with E-state index < -0.39 is 11.8 Å². The number of aromatic nitrogens is 1. The fourth-order valence-corrected chi connectivity index (χ4v) is 8.69. The van der Waals surface area contributed by atoms with E-state index in [2.05, 4.69) is 24.3 Å². The molecular formula is C54H28N6O2. The molecule has 0 radical (unpaired) electrons. The van der Waals surface area contributed by atoms with Crippen LogP contribution in [0.15, 0.2) is 170 Å². The molecule has 1 aromatic heterocycles. The number of rotatable bonds is 6. The van der Waals surface area contributed by atoms with Crippen LogP contribution in [0.4, 0.5) is 5.69 Å². The normalized spacial score (nSPS) is 11.8. The quantitative estimate of drug-likeness (QED) is 0.154. The minimum absolute atomic E-state index is 0.225. The van der Waals surface area contributed by atoms with Crippen molar-refractivity contribution in [3.05, 3.63) is 203 Å². The van der Waals surface area contributed by atoms with Crippen molar-refractivity contribution in [2.75, 3.05) is 4.90 Å². The van der Waals surface area contributed by atoms with Crippen LogP contribution in [0.5, 0.6) is 0 Å². The Bertz CT molecular complexity index is 3430. The zero-order valence-corrected chi connectivity index (χ0v) is 32.7. The highest BCUT2D eigenvalue weighted by Crippen LogP contribution is 2.45. The highest BCUT2D eigenvalue weighted by Gasteiger charge is 2.41. The molecule has 286 valence electrons. The fourth-order valence-electron chi connectivity index (χ4n) is 8.69. The molecule has 9 aromatic rings. The number of imide groups is 1. The molecule has 1 aliphatic heterocycles. The third kappa shape index (κ3) is 5.81. The van der Waals surface area contributed by atoms with E-state index in [4.69, 9.17) is 0 Å². The van der Waals surface area contributed by atoms with E-state index in [1.54, 1.807) is 48.5 Å². The average Bonchev–Trinajstić information content (AvgIpc) is 3.80. The van der Waals surface area contributed by atoms with Gasteiger partial charge in [-0.3, -0.25) is 9.59 Å². The van der Waals surface area contributed by atoms with Gasteiger partial charge in [-0.05, 0) is 93.5 Å². The van der Waals surface area contributed by atoms with Crippen molar-refractivity contribution in [1.82, 2.24) is 4.57 Å². The topological polar surface area (TPSA) is 137 Å². The molecule has 0 atom stereocenters. The molecule has 2 amide bonds. The molecule has 8 aromatic carbocycles. The summed E-state index contributed by atoms with van der Waals surface area (Å²) in [6.07, 6.45) is 0. The van der Waals surface area contributed by atoms with E-state index in [0.717, 1.165) is 33.0 Å². The molecule has 0 aliphatic carbocycles. The Morgan fingerprint density at radius 2 is 0.887 bits per heavy atom. The van der Waals surface area contributed by atoms with Gasteiger partial charge in [0.1, 0.15) is 0 Å². The van der Waals surface area contributed by atoms with Gasteiger partial charge in [0.25, 0.3) is 11.8 Å². The molecule has 2 heterocycles. The van der Waals surface area contributed by atoms with Crippen molar-refractivity contribution < 1.29 is 9.59 Å². The van der Waals surface area contributed by atoms with E-state index in [0.29, 0.717) is 66.9 Å². The molecule has 8 heteroatoms. The third-order valence-corrected chi connectivity index (χ3v) is 11.5. The maximum Gasteiger partial charge on any atom is 0.268 e. The van der Waals surface area contributed by atoms with Gasteiger partial charge in [-0.2, -0.15) is 21.0 Å². The summed E-state index contributed by atoms with van der Waals surface area (Å²) in [5.41, 5.74) is 10.3. The lowest BCUT2D eigenvalue weighted by Gasteiger charge is -2.22. The standard InChI is InChI=1S/C54H28N6O2/c55-29-33-17-21-41(39(25-33)31-57)37-19-23-44-45-24-20-38(42-22-18-34(30-56)26-40(42)32-58)28-50(45)59(49(44)27-37)48-16-8-14-46-52(48)54(62)60(53(46)61)47-15-7-13-43(35-9-3-1-4-10-35)51(47)36-11-5-2-6-12-36/h1-28H. The number of hydrogen-bond acceptors (Lipinski definition) is 6. The number of nitriles is 4. The van der Waals surface area contributed by atoms with E-state index in [9.17, 15) is 25.8 Å². The molecule has 0 unspecified atom stereocenters. The number of nitrogens with zero attached hydrogens (tertiary/aromatic N) is 6. The van der Waals surface area contributed by atoms with Crippen LogP contribution in [0.1, 0.15) is 43.0 Å². The van der Waals surface area contributed by atoms with E-state index in [1.165, 1.54) is 4.90 Å². The van der Waals surface area contributed by atoms with Crippen molar-refractivity contribution in [2.24, 2.45) is 0 Å². The molecule has 1 aliphatic rings. The van der Waals surface area contributed by atoms with Gasteiger partial charge in [-0.15, -0.1) is 0 Å². The number of hydrogen-bond donors (Lipinski definition) is 0. The van der Waals surface area contributed by atoms with Crippen molar-refractivity contribution in [1.29, 1.82) is 21.0 Å². The molecule has 0 spiro atoms. The summed E-state index contributed by atoms with van der Waals surface area (Å²) in [5.74, 6) is -0.938. The summed E-state index contributed by atoms with van der Waals surface area (Å²) < 4.78 is 1.97. The van der Waals surface area contributed by atoms with Gasteiger partial charge in [0.05, 0.1) is 80.1 Å². The lowest BCUT2D eigenvalue weighted by molar-refractivity contribution is 0.0926. The van der Waals surface area contributed by atoms with Gasteiger partial charge in [-0.1, -0.05) is 115 Å². The summed E-state index contributed by atoms with van der Waals surface area (Å²) in [4.78, 5) is 31.3. The Morgan fingerprint density at radius 1 is 0.371 bits per heavy atom. The molecule has 0 fully saturated rings. The third-order valence-electron chi connectivity index (χ3n) is 11.5. The van der Waals surface area contributed by atoms with Crippen LogP contribution in [-0.2, 0) is 0 Å². The highest BCUT2D eigenvalue weighted by molar-refractivity contribution is 6.37. The molecule has 0 bridgehead atoms. The van der Waals surface area contributed by atoms with Crippen LogP contribution < -0.4 is 4.90 Å². The molecule has 0 N–H and O–H groups in total. The second-order valence-corrected chi connectivity index (χ2v) is 14.8. The first-order valence-corrected chi connectivity index (χ1v) is 19.7. The van der Waals surface area contributed by atoms with Gasteiger partial charge in [0.2, 0.25) is 0 Å². The van der Waals surface area contributed by atoms with Crippen molar-refractivity contribution in [2.45, 2.75) is 0 Å². The zero-order chi connectivity index (χ0) is 42.5. The van der Waals surface area contributed by atoms with Crippen LogP contribution in [-0.4, -0.2) is 16.4 Å². The van der Waals surface area contributed by atoms with E-state index >= 15 is 4.79 Å². The van der Waals surface area contributed by atoms with Crippen LogP contribution in [0, 0.1) is 45.3 Å². The highest BCUT2D eigenvalue weighted by atomic mass is 16.2. The first kappa shape index (κ1) is 37.0. The predicted molar refractivity (Wildman–Crippen MR) is 239 cm³/mol. The van der Waals surface area contributed by atoms with Crippen LogP contribution in [0.2, 0.25) is 0 Å². The summed E-state index contributed by atoms with van der Waals surface area (Å²) in [7, 11) is 0. The minimum Gasteiger partial charge on any atom is -0.308 e. The van der Waals surface area contributed by atoms with Crippen molar-refractivity contribution >= 4 is 39.3 Å². The summed E-state index contributed by atoms with van der Waals surface area (Å²) in [6, 6.07) is 60.9. The molecule has 0 saturated carbocycles.